The highest BCUT2D eigenvalue weighted by Crippen LogP contribution is 2.19. The van der Waals surface area contributed by atoms with Gasteiger partial charge in [0.25, 0.3) is 5.91 Å². The first kappa shape index (κ1) is 12.8. The molecular formula is C13H19N3O2. The zero-order chi connectivity index (χ0) is 13.1. The molecule has 0 aliphatic carbocycles. The SMILES string of the molecule is Cc1cc(N)c(C(=O)NCC2CCOC2C)cn1. The molecule has 0 radical (unpaired) electrons. The summed E-state index contributed by atoms with van der Waals surface area (Å²) in [4.78, 5) is 16.1. The predicted octanol–water partition coefficient (Wildman–Crippen LogP) is 1.13. The largest absolute Gasteiger partial charge is 0.398 e. The van der Waals surface area contributed by atoms with Gasteiger partial charge in [0.2, 0.25) is 0 Å². The quantitative estimate of drug-likeness (QED) is 0.841. The number of nitrogens with two attached hydrogens (primary N) is 1. The van der Waals surface area contributed by atoms with Gasteiger partial charge in [0.15, 0.2) is 0 Å². The second-order valence-electron chi connectivity index (χ2n) is 4.75. The van der Waals surface area contributed by atoms with E-state index in [4.69, 9.17) is 10.5 Å². The highest BCUT2D eigenvalue weighted by molar-refractivity contribution is 5.98. The van der Waals surface area contributed by atoms with Crippen molar-refractivity contribution in [3.63, 3.8) is 0 Å². The fourth-order valence-electron chi connectivity index (χ4n) is 2.13. The van der Waals surface area contributed by atoms with Crippen LogP contribution in [0.3, 0.4) is 0 Å². The smallest absolute Gasteiger partial charge is 0.254 e. The van der Waals surface area contributed by atoms with Gasteiger partial charge in [-0.3, -0.25) is 9.78 Å². The lowest BCUT2D eigenvalue weighted by molar-refractivity contribution is 0.0908. The third kappa shape index (κ3) is 2.79. The van der Waals surface area contributed by atoms with Crippen LogP contribution < -0.4 is 11.1 Å². The van der Waals surface area contributed by atoms with E-state index in [1.165, 1.54) is 6.20 Å². The van der Waals surface area contributed by atoms with Crippen molar-refractivity contribution in [2.45, 2.75) is 26.4 Å². The predicted molar refractivity (Wildman–Crippen MR) is 69.2 cm³/mol. The number of carbonyl (C=O) groups excluding carboxylic acids is 1. The van der Waals surface area contributed by atoms with Crippen LogP contribution in [-0.2, 0) is 4.74 Å². The van der Waals surface area contributed by atoms with E-state index in [1.54, 1.807) is 6.07 Å². The van der Waals surface area contributed by atoms with E-state index < -0.39 is 0 Å². The minimum absolute atomic E-state index is 0.167. The Labute approximate surface area is 107 Å². The minimum Gasteiger partial charge on any atom is -0.398 e. The molecule has 1 aromatic rings. The maximum absolute atomic E-state index is 12.0. The van der Waals surface area contributed by atoms with E-state index in [0.29, 0.717) is 23.7 Å². The highest BCUT2D eigenvalue weighted by atomic mass is 16.5. The average molecular weight is 249 g/mol. The maximum atomic E-state index is 12.0. The molecular weight excluding hydrogens is 230 g/mol. The van der Waals surface area contributed by atoms with Crippen molar-refractivity contribution in [3.8, 4) is 0 Å². The molecule has 0 bridgehead atoms. The standard InChI is InChI=1S/C13H19N3O2/c1-8-5-12(14)11(7-15-8)13(17)16-6-10-3-4-18-9(10)2/h5,7,9-10H,3-4,6H2,1-2H3,(H2,14,15)(H,16,17). The molecule has 2 heterocycles. The number of nitrogen functional groups attached to an aromatic ring is 1. The van der Waals surface area contributed by atoms with Crippen molar-refractivity contribution >= 4 is 11.6 Å². The maximum Gasteiger partial charge on any atom is 0.254 e. The van der Waals surface area contributed by atoms with Gasteiger partial charge in [-0.2, -0.15) is 0 Å². The van der Waals surface area contributed by atoms with E-state index in [2.05, 4.69) is 10.3 Å². The van der Waals surface area contributed by atoms with E-state index in [9.17, 15) is 4.79 Å². The molecule has 98 valence electrons. The van der Waals surface area contributed by atoms with E-state index >= 15 is 0 Å². The third-order valence-electron chi connectivity index (χ3n) is 3.38. The van der Waals surface area contributed by atoms with Gasteiger partial charge >= 0.3 is 0 Å². The third-order valence-corrected chi connectivity index (χ3v) is 3.38. The van der Waals surface area contributed by atoms with Gasteiger partial charge < -0.3 is 15.8 Å². The summed E-state index contributed by atoms with van der Waals surface area (Å²) >= 11 is 0. The Morgan fingerprint density at radius 1 is 1.67 bits per heavy atom. The first-order chi connectivity index (χ1) is 8.58. The van der Waals surface area contributed by atoms with E-state index in [-0.39, 0.29) is 12.0 Å². The first-order valence-corrected chi connectivity index (χ1v) is 6.20. The highest BCUT2D eigenvalue weighted by Gasteiger charge is 2.24. The van der Waals surface area contributed by atoms with E-state index in [1.807, 2.05) is 13.8 Å². The van der Waals surface area contributed by atoms with Gasteiger partial charge in [0.1, 0.15) is 0 Å². The summed E-state index contributed by atoms with van der Waals surface area (Å²) in [5.74, 6) is 0.215. The monoisotopic (exact) mass is 249 g/mol. The summed E-state index contributed by atoms with van der Waals surface area (Å²) in [6.07, 6.45) is 2.72. The molecule has 2 rings (SSSR count). The van der Waals surface area contributed by atoms with Crippen LogP contribution in [0.5, 0.6) is 0 Å². The molecule has 5 heteroatoms. The Hall–Kier alpha value is -1.62. The van der Waals surface area contributed by atoms with Crippen molar-refractivity contribution in [1.82, 2.24) is 10.3 Å². The van der Waals surface area contributed by atoms with Gasteiger partial charge in [-0.25, -0.2) is 0 Å². The summed E-state index contributed by atoms with van der Waals surface area (Å²) in [6.45, 7) is 5.27. The van der Waals surface area contributed by atoms with Gasteiger partial charge in [0, 0.05) is 36.6 Å². The van der Waals surface area contributed by atoms with Gasteiger partial charge in [-0.05, 0) is 26.3 Å². The molecule has 2 unspecified atom stereocenters. The molecule has 5 nitrogen and oxygen atoms in total. The Bertz CT molecular complexity index is 448. The molecule has 1 fully saturated rings. The number of nitrogens with zero attached hydrogens (tertiary/aromatic N) is 1. The normalized spacial score (nSPS) is 23.0. The molecule has 0 spiro atoms. The number of amides is 1. The number of aromatic nitrogens is 1. The molecule has 1 aliphatic heterocycles. The van der Waals surface area contributed by atoms with Crippen LogP contribution in [0.4, 0.5) is 5.69 Å². The number of nitrogens with one attached hydrogen (secondary N) is 1. The summed E-state index contributed by atoms with van der Waals surface area (Å²) < 4.78 is 5.45. The Kier molecular flexibility index (Phi) is 3.81. The number of anilines is 1. The molecule has 3 N–H and O–H groups in total. The minimum atomic E-state index is -0.167. The molecule has 1 amide bonds. The fraction of sp³-hybridized carbons (Fsp3) is 0.538. The van der Waals surface area contributed by atoms with Crippen LogP contribution >= 0.6 is 0 Å². The zero-order valence-electron chi connectivity index (χ0n) is 10.8. The Morgan fingerprint density at radius 2 is 2.44 bits per heavy atom. The van der Waals surface area contributed by atoms with Crippen molar-refractivity contribution in [2.75, 3.05) is 18.9 Å². The van der Waals surface area contributed by atoms with Gasteiger partial charge in [-0.1, -0.05) is 0 Å². The lowest BCUT2D eigenvalue weighted by Gasteiger charge is -2.15. The second kappa shape index (κ2) is 5.35. The molecule has 1 saturated heterocycles. The second-order valence-corrected chi connectivity index (χ2v) is 4.75. The fourth-order valence-corrected chi connectivity index (χ4v) is 2.13. The number of rotatable bonds is 3. The Balaban J connectivity index is 1.95. The molecule has 0 aromatic carbocycles. The van der Waals surface area contributed by atoms with Crippen LogP contribution in [0.1, 0.15) is 29.4 Å². The van der Waals surface area contributed by atoms with Crippen LogP contribution in [0.25, 0.3) is 0 Å². The number of hydrogen-bond donors (Lipinski definition) is 2. The summed E-state index contributed by atoms with van der Waals surface area (Å²) in [5.41, 5.74) is 7.52. The molecule has 1 aromatic heterocycles. The van der Waals surface area contributed by atoms with Gasteiger partial charge in [0.05, 0.1) is 11.7 Å². The number of pyridine rings is 1. The summed E-state index contributed by atoms with van der Waals surface area (Å²) in [5, 5.41) is 2.89. The molecule has 1 aliphatic rings. The van der Waals surface area contributed by atoms with Crippen molar-refractivity contribution in [2.24, 2.45) is 5.92 Å². The average Bonchev–Trinajstić information content (AvgIpc) is 2.72. The van der Waals surface area contributed by atoms with Crippen molar-refractivity contribution in [3.05, 3.63) is 23.5 Å². The van der Waals surface area contributed by atoms with Crippen molar-refractivity contribution < 1.29 is 9.53 Å². The van der Waals surface area contributed by atoms with Crippen LogP contribution in [-0.4, -0.2) is 30.1 Å². The zero-order valence-corrected chi connectivity index (χ0v) is 10.8. The molecule has 2 atom stereocenters. The number of ether oxygens (including phenoxy) is 1. The number of carbonyl (C=O) groups is 1. The summed E-state index contributed by atoms with van der Waals surface area (Å²) in [6, 6.07) is 1.70. The number of hydrogen-bond acceptors (Lipinski definition) is 4. The van der Waals surface area contributed by atoms with Crippen molar-refractivity contribution in [1.29, 1.82) is 0 Å². The van der Waals surface area contributed by atoms with E-state index in [0.717, 1.165) is 18.7 Å². The van der Waals surface area contributed by atoms with Gasteiger partial charge in [-0.15, -0.1) is 0 Å². The Morgan fingerprint density at radius 3 is 3.06 bits per heavy atom. The lowest BCUT2D eigenvalue weighted by Crippen LogP contribution is -2.32. The summed E-state index contributed by atoms with van der Waals surface area (Å²) in [7, 11) is 0. The molecule has 0 saturated carbocycles. The van der Waals surface area contributed by atoms with Crippen LogP contribution in [0, 0.1) is 12.8 Å². The van der Waals surface area contributed by atoms with Crippen LogP contribution in [0.2, 0.25) is 0 Å². The van der Waals surface area contributed by atoms with Crippen LogP contribution in [0.15, 0.2) is 12.3 Å². The first-order valence-electron chi connectivity index (χ1n) is 6.20. The number of aryl methyl sites for hydroxylation is 1. The topological polar surface area (TPSA) is 77.2 Å². The lowest BCUT2D eigenvalue weighted by atomic mass is 10.0. The molecule has 18 heavy (non-hydrogen) atoms.